The number of carbonyl (C=O) groups excluding carboxylic acids is 1. The summed E-state index contributed by atoms with van der Waals surface area (Å²) in [6, 6.07) is 7.40. The number of anilines is 1. The van der Waals surface area contributed by atoms with E-state index in [2.05, 4.69) is 10.3 Å². The summed E-state index contributed by atoms with van der Waals surface area (Å²) in [5.41, 5.74) is -0.686. The summed E-state index contributed by atoms with van der Waals surface area (Å²) in [5.74, 6) is -0.625. The molecule has 1 amide bonds. The Morgan fingerprint density at radius 3 is 2.62 bits per heavy atom. The van der Waals surface area contributed by atoms with Gasteiger partial charge < -0.3 is 5.32 Å². The van der Waals surface area contributed by atoms with E-state index in [0.717, 1.165) is 12.1 Å². The molecule has 0 aliphatic carbocycles. The number of amides is 1. The lowest BCUT2D eigenvalue weighted by Gasteiger charge is -2.08. The van der Waals surface area contributed by atoms with Crippen molar-refractivity contribution in [3.63, 3.8) is 0 Å². The molecule has 2 aromatic rings. The predicted molar refractivity (Wildman–Crippen MR) is 79.4 cm³/mol. The molecule has 0 saturated heterocycles. The zero-order valence-corrected chi connectivity index (χ0v) is 12.4. The Morgan fingerprint density at radius 1 is 1.29 bits per heavy atom. The first-order valence-corrected chi connectivity index (χ1v) is 6.75. The third kappa shape index (κ3) is 4.28. The van der Waals surface area contributed by atoms with E-state index in [1.807, 2.05) is 0 Å². The predicted octanol–water partition coefficient (Wildman–Crippen LogP) is 3.50. The highest BCUT2D eigenvalue weighted by molar-refractivity contribution is 5.92. The largest absolute Gasteiger partial charge is 0.433 e. The van der Waals surface area contributed by atoms with Gasteiger partial charge in [0.05, 0.1) is 17.0 Å². The second-order valence-electron chi connectivity index (χ2n) is 5.00. The molecule has 1 aromatic heterocycles. The van der Waals surface area contributed by atoms with E-state index in [-0.39, 0.29) is 23.5 Å². The normalized spacial score (nSPS) is 11.2. The number of nitrogens with one attached hydrogen (secondary N) is 1. The molecule has 0 fully saturated rings. The van der Waals surface area contributed by atoms with Crippen LogP contribution in [0.25, 0.3) is 0 Å². The van der Waals surface area contributed by atoms with Crippen molar-refractivity contribution in [3.05, 3.63) is 63.5 Å². The number of halogens is 3. The zero-order valence-electron chi connectivity index (χ0n) is 12.4. The number of aryl methyl sites for hydroxylation is 1. The van der Waals surface area contributed by atoms with E-state index >= 15 is 0 Å². The Bertz CT molecular complexity index is 791. The molecule has 6 nitrogen and oxygen atoms in total. The Balaban J connectivity index is 2.12. The molecule has 0 saturated carbocycles. The SMILES string of the molecule is Cc1ccc(NC(=O)Cc2cccc(C(F)(F)F)n2)cc1[N+](=O)[O-]. The Labute approximate surface area is 134 Å². The molecule has 0 aliphatic rings. The maximum Gasteiger partial charge on any atom is 0.433 e. The van der Waals surface area contributed by atoms with E-state index in [0.29, 0.717) is 5.56 Å². The Kier molecular flexibility index (Phi) is 4.82. The van der Waals surface area contributed by atoms with Gasteiger partial charge in [-0.25, -0.2) is 4.98 Å². The fourth-order valence-corrected chi connectivity index (χ4v) is 1.99. The minimum atomic E-state index is -4.59. The van der Waals surface area contributed by atoms with Gasteiger partial charge in [-0.05, 0) is 25.1 Å². The van der Waals surface area contributed by atoms with Crippen molar-refractivity contribution in [1.29, 1.82) is 0 Å². The molecule has 126 valence electrons. The number of hydrogen-bond donors (Lipinski definition) is 1. The van der Waals surface area contributed by atoms with Crippen molar-refractivity contribution in [2.75, 3.05) is 5.32 Å². The first-order chi connectivity index (χ1) is 11.2. The van der Waals surface area contributed by atoms with Gasteiger partial charge in [0, 0.05) is 17.3 Å². The molecule has 24 heavy (non-hydrogen) atoms. The van der Waals surface area contributed by atoms with Gasteiger partial charge in [0.1, 0.15) is 5.69 Å². The molecule has 1 heterocycles. The molecular weight excluding hydrogens is 327 g/mol. The minimum Gasteiger partial charge on any atom is -0.325 e. The second kappa shape index (κ2) is 6.65. The lowest BCUT2D eigenvalue weighted by molar-refractivity contribution is -0.385. The average molecular weight is 339 g/mol. The highest BCUT2D eigenvalue weighted by Crippen LogP contribution is 2.27. The van der Waals surface area contributed by atoms with Gasteiger partial charge in [-0.15, -0.1) is 0 Å². The van der Waals surface area contributed by atoms with Crippen LogP contribution in [0.5, 0.6) is 0 Å². The molecule has 0 aliphatic heterocycles. The van der Waals surface area contributed by atoms with Crippen LogP contribution in [0.2, 0.25) is 0 Å². The van der Waals surface area contributed by atoms with Crippen LogP contribution >= 0.6 is 0 Å². The molecule has 0 unspecified atom stereocenters. The fraction of sp³-hybridized carbons (Fsp3) is 0.200. The topological polar surface area (TPSA) is 85.1 Å². The van der Waals surface area contributed by atoms with Crippen LogP contribution in [0.4, 0.5) is 24.5 Å². The molecule has 2 rings (SSSR count). The number of aromatic nitrogens is 1. The molecule has 0 radical (unpaired) electrons. The maximum absolute atomic E-state index is 12.6. The van der Waals surface area contributed by atoms with Crippen molar-refractivity contribution < 1.29 is 22.9 Å². The van der Waals surface area contributed by atoms with Crippen LogP contribution in [-0.2, 0) is 17.4 Å². The van der Waals surface area contributed by atoms with Gasteiger partial charge in [-0.2, -0.15) is 13.2 Å². The Morgan fingerprint density at radius 2 is 2.00 bits per heavy atom. The number of alkyl halides is 3. The smallest absolute Gasteiger partial charge is 0.325 e. The summed E-state index contributed by atoms with van der Waals surface area (Å²) >= 11 is 0. The lowest BCUT2D eigenvalue weighted by Crippen LogP contribution is -2.17. The molecule has 9 heteroatoms. The van der Waals surface area contributed by atoms with Crippen molar-refractivity contribution in [2.45, 2.75) is 19.5 Å². The first kappa shape index (κ1) is 17.4. The quantitative estimate of drug-likeness (QED) is 0.682. The number of hydrogen-bond acceptors (Lipinski definition) is 4. The lowest BCUT2D eigenvalue weighted by atomic mass is 10.1. The van der Waals surface area contributed by atoms with Crippen LogP contribution in [0.1, 0.15) is 17.0 Å². The van der Waals surface area contributed by atoms with Crippen LogP contribution in [0, 0.1) is 17.0 Å². The summed E-state index contributed by atoms with van der Waals surface area (Å²) in [6.07, 6.45) is -4.98. The number of benzene rings is 1. The van der Waals surface area contributed by atoms with Crippen LogP contribution in [0.3, 0.4) is 0 Å². The van der Waals surface area contributed by atoms with Crippen LogP contribution in [-0.4, -0.2) is 15.8 Å². The van der Waals surface area contributed by atoms with Crippen molar-refractivity contribution in [2.24, 2.45) is 0 Å². The summed E-state index contributed by atoms with van der Waals surface area (Å²) in [7, 11) is 0. The van der Waals surface area contributed by atoms with Crippen LogP contribution < -0.4 is 5.32 Å². The van der Waals surface area contributed by atoms with Crippen molar-refractivity contribution in [1.82, 2.24) is 4.98 Å². The number of rotatable bonds is 4. The molecule has 0 atom stereocenters. The van der Waals surface area contributed by atoms with Gasteiger partial charge in [0.2, 0.25) is 5.91 Å². The zero-order chi connectivity index (χ0) is 17.9. The summed E-state index contributed by atoms with van der Waals surface area (Å²) < 4.78 is 37.7. The van der Waals surface area contributed by atoms with Crippen molar-refractivity contribution in [3.8, 4) is 0 Å². The third-order valence-electron chi connectivity index (χ3n) is 3.13. The number of nitro benzene ring substituents is 1. The highest BCUT2D eigenvalue weighted by atomic mass is 19.4. The summed E-state index contributed by atoms with van der Waals surface area (Å²) in [5, 5.41) is 13.3. The van der Waals surface area contributed by atoms with Gasteiger partial charge in [-0.3, -0.25) is 14.9 Å². The number of pyridine rings is 1. The molecule has 0 bridgehead atoms. The number of nitro groups is 1. The number of nitrogens with zero attached hydrogens (tertiary/aromatic N) is 2. The van der Waals surface area contributed by atoms with E-state index < -0.39 is 22.7 Å². The second-order valence-corrected chi connectivity index (χ2v) is 5.00. The van der Waals surface area contributed by atoms with Gasteiger partial charge in [-0.1, -0.05) is 12.1 Å². The summed E-state index contributed by atoms with van der Waals surface area (Å²) in [4.78, 5) is 25.6. The standard InChI is InChI=1S/C15H12F3N3O3/c1-9-5-6-11(7-12(9)21(23)24)20-14(22)8-10-3-2-4-13(19-10)15(16,17)18/h2-7H,8H2,1H3,(H,20,22). The fourth-order valence-electron chi connectivity index (χ4n) is 1.99. The third-order valence-corrected chi connectivity index (χ3v) is 3.13. The maximum atomic E-state index is 12.6. The van der Waals surface area contributed by atoms with Crippen molar-refractivity contribution >= 4 is 17.3 Å². The molecule has 1 aromatic carbocycles. The number of carbonyl (C=O) groups is 1. The van der Waals surface area contributed by atoms with E-state index in [9.17, 15) is 28.1 Å². The molecule has 0 spiro atoms. The van der Waals surface area contributed by atoms with E-state index in [1.54, 1.807) is 6.92 Å². The molecule has 1 N–H and O–H groups in total. The van der Waals surface area contributed by atoms with E-state index in [4.69, 9.17) is 0 Å². The summed E-state index contributed by atoms with van der Waals surface area (Å²) in [6.45, 7) is 1.55. The van der Waals surface area contributed by atoms with E-state index in [1.165, 1.54) is 24.3 Å². The highest BCUT2D eigenvalue weighted by Gasteiger charge is 2.32. The molecular formula is C15H12F3N3O3. The minimum absolute atomic E-state index is 0.0519. The van der Waals surface area contributed by atoms with Gasteiger partial charge >= 0.3 is 6.18 Å². The Hall–Kier alpha value is -2.97. The average Bonchev–Trinajstić information content (AvgIpc) is 2.48. The first-order valence-electron chi connectivity index (χ1n) is 6.75. The van der Waals surface area contributed by atoms with Crippen LogP contribution in [0.15, 0.2) is 36.4 Å². The van der Waals surface area contributed by atoms with Gasteiger partial charge in [0.25, 0.3) is 5.69 Å². The monoisotopic (exact) mass is 339 g/mol. The van der Waals surface area contributed by atoms with Gasteiger partial charge in [0.15, 0.2) is 0 Å².